The van der Waals surface area contributed by atoms with Gasteiger partial charge in [0.1, 0.15) is 6.10 Å². The van der Waals surface area contributed by atoms with Gasteiger partial charge in [-0.2, -0.15) is 0 Å². The molecular weight excluding hydrogens is 261 g/mol. The summed E-state index contributed by atoms with van der Waals surface area (Å²) in [5, 5.41) is 0. The van der Waals surface area contributed by atoms with E-state index in [1.807, 2.05) is 0 Å². The Balaban J connectivity index is 2.14. The lowest BCUT2D eigenvalue weighted by molar-refractivity contribution is -0.0165. The summed E-state index contributed by atoms with van der Waals surface area (Å²) in [6.45, 7) is 4.85. The molecule has 0 N–H and O–H groups in total. The summed E-state index contributed by atoms with van der Waals surface area (Å²) in [6, 6.07) is 4.58. The van der Waals surface area contributed by atoms with Crippen LogP contribution < -0.4 is 4.74 Å². The minimum atomic E-state index is -0.615. The monoisotopic (exact) mass is 281 g/mol. The zero-order chi connectivity index (χ0) is 14.5. The average molecular weight is 281 g/mol. The predicted octanol–water partition coefficient (Wildman–Crippen LogP) is 2.13. The number of ketones is 1. The van der Waals surface area contributed by atoms with Gasteiger partial charge in [-0.25, -0.2) is 4.39 Å². The first kappa shape index (κ1) is 14.9. The molecule has 2 rings (SSSR count). The molecule has 1 aromatic carbocycles. The van der Waals surface area contributed by atoms with Gasteiger partial charge in [-0.3, -0.25) is 9.69 Å². The molecule has 1 heterocycles. The summed E-state index contributed by atoms with van der Waals surface area (Å²) < 4.78 is 24.5. The van der Waals surface area contributed by atoms with Crippen molar-refractivity contribution in [2.75, 3.05) is 33.4 Å². The Morgan fingerprint density at radius 3 is 3.05 bits per heavy atom. The van der Waals surface area contributed by atoms with Gasteiger partial charge in [-0.05, 0) is 25.1 Å². The van der Waals surface area contributed by atoms with Crippen LogP contribution in [0.15, 0.2) is 18.2 Å². The van der Waals surface area contributed by atoms with Crippen molar-refractivity contribution in [3.8, 4) is 5.75 Å². The Hall–Kier alpha value is -1.46. The molecule has 1 unspecified atom stereocenters. The van der Waals surface area contributed by atoms with Crippen molar-refractivity contribution < 1.29 is 18.7 Å². The molecule has 1 saturated heterocycles. The molecule has 4 nitrogen and oxygen atoms in total. The fraction of sp³-hybridized carbons (Fsp3) is 0.533. The van der Waals surface area contributed by atoms with E-state index in [-0.39, 0.29) is 17.1 Å². The number of ether oxygens (including phenoxy) is 2. The maximum Gasteiger partial charge on any atom is 0.195 e. The fourth-order valence-corrected chi connectivity index (χ4v) is 2.41. The van der Waals surface area contributed by atoms with E-state index in [2.05, 4.69) is 11.8 Å². The number of carbonyl (C=O) groups is 1. The third kappa shape index (κ3) is 3.16. The number of carbonyl (C=O) groups excluding carboxylic acids is 1. The standard InChI is InChI=1S/C15H20FNO3/c1-3-7-17-8-9-20-13(10-17)15(18)11-5-4-6-12(19-2)14(11)16/h4-6,13H,3,7-10H2,1-2H3. The number of morpholine rings is 1. The maximum atomic E-state index is 14.1. The Kier molecular flexibility index (Phi) is 5.09. The largest absolute Gasteiger partial charge is 0.494 e. The third-order valence-corrected chi connectivity index (χ3v) is 3.43. The molecule has 5 heteroatoms. The van der Waals surface area contributed by atoms with E-state index in [0.29, 0.717) is 13.2 Å². The summed E-state index contributed by atoms with van der Waals surface area (Å²) >= 11 is 0. The highest BCUT2D eigenvalue weighted by molar-refractivity contribution is 6.00. The summed E-state index contributed by atoms with van der Waals surface area (Å²) in [6.07, 6.45) is 0.422. The second-order valence-corrected chi connectivity index (χ2v) is 4.85. The number of halogens is 1. The summed E-state index contributed by atoms with van der Waals surface area (Å²) in [4.78, 5) is 14.6. The third-order valence-electron chi connectivity index (χ3n) is 3.43. The van der Waals surface area contributed by atoms with Crippen LogP contribution in [-0.2, 0) is 4.74 Å². The van der Waals surface area contributed by atoms with Gasteiger partial charge >= 0.3 is 0 Å². The van der Waals surface area contributed by atoms with Gasteiger partial charge in [0.25, 0.3) is 0 Å². The molecule has 1 atom stereocenters. The maximum absolute atomic E-state index is 14.1. The minimum Gasteiger partial charge on any atom is -0.494 e. The average Bonchev–Trinajstić information content (AvgIpc) is 2.47. The van der Waals surface area contributed by atoms with Crippen LogP contribution in [0.5, 0.6) is 5.75 Å². The van der Waals surface area contributed by atoms with Gasteiger partial charge in [-0.15, -0.1) is 0 Å². The van der Waals surface area contributed by atoms with Crippen molar-refractivity contribution in [2.45, 2.75) is 19.4 Å². The highest BCUT2D eigenvalue weighted by Crippen LogP contribution is 2.22. The Morgan fingerprint density at radius 1 is 1.55 bits per heavy atom. The topological polar surface area (TPSA) is 38.8 Å². The van der Waals surface area contributed by atoms with Gasteiger partial charge < -0.3 is 9.47 Å². The molecule has 1 aliphatic rings. The van der Waals surface area contributed by atoms with E-state index in [9.17, 15) is 9.18 Å². The van der Waals surface area contributed by atoms with Gasteiger partial charge in [-0.1, -0.05) is 13.0 Å². The van der Waals surface area contributed by atoms with Crippen LogP contribution in [0, 0.1) is 5.82 Å². The molecule has 1 aromatic rings. The molecule has 0 bridgehead atoms. The number of nitrogens with zero attached hydrogens (tertiary/aromatic N) is 1. The predicted molar refractivity (Wildman–Crippen MR) is 73.8 cm³/mol. The molecule has 1 aliphatic heterocycles. The summed E-state index contributed by atoms with van der Waals surface area (Å²) in [5.41, 5.74) is 0.0349. The number of benzene rings is 1. The highest BCUT2D eigenvalue weighted by atomic mass is 19.1. The molecule has 0 radical (unpaired) electrons. The van der Waals surface area contributed by atoms with Crippen LogP contribution in [0.25, 0.3) is 0 Å². The highest BCUT2D eigenvalue weighted by Gasteiger charge is 2.29. The molecule has 0 amide bonds. The van der Waals surface area contributed by atoms with E-state index in [1.165, 1.54) is 19.2 Å². The normalized spacial score (nSPS) is 19.9. The molecule has 0 spiro atoms. The van der Waals surface area contributed by atoms with Crippen molar-refractivity contribution in [1.29, 1.82) is 0 Å². The first-order valence-corrected chi connectivity index (χ1v) is 6.88. The van der Waals surface area contributed by atoms with Crippen LogP contribution >= 0.6 is 0 Å². The molecular formula is C15H20FNO3. The molecule has 0 saturated carbocycles. The second-order valence-electron chi connectivity index (χ2n) is 4.85. The van der Waals surface area contributed by atoms with Crippen molar-refractivity contribution >= 4 is 5.78 Å². The van der Waals surface area contributed by atoms with Crippen LogP contribution in [0.1, 0.15) is 23.7 Å². The first-order valence-electron chi connectivity index (χ1n) is 6.88. The Labute approximate surface area is 118 Å². The first-order chi connectivity index (χ1) is 9.67. The lowest BCUT2D eigenvalue weighted by atomic mass is 10.0. The van der Waals surface area contributed by atoms with Crippen LogP contribution in [0.3, 0.4) is 0 Å². The fourth-order valence-electron chi connectivity index (χ4n) is 2.41. The van der Waals surface area contributed by atoms with Gasteiger partial charge in [0, 0.05) is 13.1 Å². The van der Waals surface area contributed by atoms with Crippen LogP contribution in [0.2, 0.25) is 0 Å². The Morgan fingerprint density at radius 2 is 2.35 bits per heavy atom. The van der Waals surface area contributed by atoms with Gasteiger partial charge in [0.05, 0.1) is 19.3 Å². The van der Waals surface area contributed by atoms with E-state index in [1.54, 1.807) is 6.07 Å². The van der Waals surface area contributed by atoms with Crippen LogP contribution in [-0.4, -0.2) is 50.1 Å². The minimum absolute atomic E-state index is 0.0349. The van der Waals surface area contributed by atoms with Crippen LogP contribution in [0.4, 0.5) is 4.39 Å². The lowest BCUT2D eigenvalue weighted by Crippen LogP contribution is -2.46. The zero-order valence-corrected chi connectivity index (χ0v) is 11.9. The van der Waals surface area contributed by atoms with Crippen molar-refractivity contribution in [1.82, 2.24) is 4.90 Å². The van der Waals surface area contributed by atoms with E-state index in [4.69, 9.17) is 9.47 Å². The zero-order valence-electron chi connectivity index (χ0n) is 11.9. The number of hydrogen-bond donors (Lipinski definition) is 0. The summed E-state index contributed by atoms with van der Waals surface area (Å²) in [5.74, 6) is -0.851. The Bertz CT molecular complexity index is 476. The number of methoxy groups -OCH3 is 1. The molecule has 0 aliphatic carbocycles. The molecule has 20 heavy (non-hydrogen) atoms. The molecule has 1 fully saturated rings. The quantitative estimate of drug-likeness (QED) is 0.775. The van der Waals surface area contributed by atoms with Gasteiger partial charge in [0.2, 0.25) is 0 Å². The van der Waals surface area contributed by atoms with Gasteiger partial charge in [0.15, 0.2) is 17.3 Å². The summed E-state index contributed by atoms with van der Waals surface area (Å²) in [7, 11) is 1.38. The molecule has 110 valence electrons. The van der Waals surface area contributed by atoms with Crippen molar-refractivity contribution in [3.63, 3.8) is 0 Å². The second kappa shape index (κ2) is 6.81. The van der Waals surface area contributed by atoms with E-state index >= 15 is 0 Å². The number of hydrogen-bond acceptors (Lipinski definition) is 4. The van der Waals surface area contributed by atoms with E-state index < -0.39 is 11.9 Å². The number of rotatable bonds is 5. The number of Topliss-reactive ketones (excluding diaryl/α,β-unsaturated/α-hetero) is 1. The van der Waals surface area contributed by atoms with Crippen molar-refractivity contribution in [2.24, 2.45) is 0 Å². The smallest absolute Gasteiger partial charge is 0.195 e. The lowest BCUT2D eigenvalue weighted by Gasteiger charge is -2.31. The van der Waals surface area contributed by atoms with Crippen molar-refractivity contribution in [3.05, 3.63) is 29.6 Å². The SMILES string of the molecule is CCCN1CCOC(C(=O)c2cccc(OC)c2F)C1. The molecule has 0 aromatic heterocycles. The van der Waals surface area contributed by atoms with E-state index in [0.717, 1.165) is 19.5 Å².